The molecule has 0 aliphatic carbocycles. The Bertz CT molecular complexity index is 968. The van der Waals surface area contributed by atoms with Crippen LogP contribution in [0.5, 0.6) is 0 Å². The van der Waals surface area contributed by atoms with Gasteiger partial charge in [0.1, 0.15) is 10.7 Å². The lowest BCUT2D eigenvalue weighted by Crippen LogP contribution is -2.41. The third-order valence-electron chi connectivity index (χ3n) is 4.56. The number of carbonyl (C=O) groups is 1. The number of H-pyrrole nitrogens is 1. The molecule has 0 radical (unpaired) electrons. The van der Waals surface area contributed by atoms with Crippen molar-refractivity contribution in [2.24, 2.45) is 0 Å². The number of thiazole rings is 1. The summed E-state index contributed by atoms with van der Waals surface area (Å²) >= 11 is 1.31. The van der Waals surface area contributed by atoms with Gasteiger partial charge < -0.3 is 5.73 Å². The number of carbonyl (C=O) groups excluding carboxylic acids is 1. The van der Waals surface area contributed by atoms with Crippen molar-refractivity contribution in [1.29, 1.82) is 0 Å². The summed E-state index contributed by atoms with van der Waals surface area (Å²) < 4.78 is 1.33. The molecule has 0 atom stereocenters. The molecule has 3 N–H and O–H groups in total. The summed E-state index contributed by atoms with van der Waals surface area (Å²) in [6, 6.07) is 0. The maximum atomic E-state index is 13.3. The van der Waals surface area contributed by atoms with Gasteiger partial charge in [-0.1, -0.05) is 47.5 Å². The van der Waals surface area contributed by atoms with Crippen molar-refractivity contribution in [3.05, 3.63) is 36.9 Å². The van der Waals surface area contributed by atoms with E-state index in [0.717, 1.165) is 24.3 Å². The van der Waals surface area contributed by atoms with Crippen molar-refractivity contribution in [1.82, 2.24) is 14.5 Å². The molecule has 0 fully saturated rings. The van der Waals surface area contributed by atoms with Gasteiger partial charge in [0.05, 0.1) is 11.2 Å². The molecular formula is C20H31N5O3S. The van der Waals surface area contributed by atoms with Crippen LogP contribution in [0.3, 0.4) is 0 Å². The van der Waals surface area contributed by atoms with Gasteiger partial charge in [-0.3, -0.25) is 24.0 Å². The van der Waals surface area contributed by atoms with Crippen molar-refractivity contribution < 1.29 is 4.79 Å². The van der Waals surface area contributed by atoms with Crippen molar-refractivity contribution >= 4 is 28.7 Å². The van der Waals surface area contributed by atoms with Crippen LogP contribution in [0.1, 0.15) is 75.0 Å². The molecule has 160 valence electrons. The Hall–Kier alpha value is -2.42. The van der Waals surface area contributed by atoms with Crippen LogP contribution in [0.15, 0.2) is 15.8 Å². The van der Waals surface area contributed by atoms with E-state index in [9.17, 15) is 14.4 Å². The Kier molecular flexibility index (Phi) is 7.40. The van der Waals surface area contributed by atoms with E-state index in [1.165, 1.54) is 20.8 Å². The highest BCUT2D eigenvalue weighted by atomic mass is 32.1. The largest absolute Gasteiger partial charge is 0.383 e. The zero-order valence-corrected chi connectivity index (χ0v) is 18.7. The maximum absolute atomic E-state index is 13.3. The first-order valence-corrected chi connectivity index (χ1v) is 10.8. The van der Waals surface area contributed by atoms with Gasteiger partial charge in [0.15, 0.2) is 5.69 Å². The number of nitrogen functional groups attached to an aromatic ring is 1. The first-order valence-electron chi connectivity index (χ1n) is 10.0. The summed E-state index contributed by atoms with van der Waals surface area (Å²) in [4.78, 5) is 46.7. The highest BCUT2D eigenvalue weighted by Gasteiger charge is 2.28. The molecule has 2 heterocycles. The van der Waals surface area contributed by atoms with Crippen LogP contribution in [0, 0.1) is 0 Å². The van der Waals surface area contributed by atoms with Crippen LogP contribution in [-0.2, 0) is 12.0 Å². The lowest BCUT2D eigenvalue weighted by Gasteiger charge is -2.24. The first kappa shape index (κ1) is 22.9. The molecule has 0 aliphatic rings. The molecule has 0 unspecified atom stereocenters. The van der Waals surface area contributed by atoms with Crippen LogP contribution in [0.2, 0.25) is 0 Å². The number of anilines is 2. The molecule has 2 rings (SSSR count). The van der Waals surface area contributed by atoms with Gasteiger partial charge in [0.2, 0.25) is 0 Å². The van der Waals surface area contributed by atoms with Gasteiger partial charge >= 0.3 is 5.69 Å². The maximum Gasteiger partial charge on any atom is 0.330 e. The zero-order chi connectivity index (χ0) is 21.8. The number of hydrogen-bond donors (Lipinski definition) is 2. The van der Waals surface area contributed by atoms with Gasteiger partial charge in [0, 0.05) is 18.5 Å². The Morgan fingerprint density at radius 2 is 1.90 bits per heavy atom. The van der Waals surface area contributed by atoms with Gasteiger partial charge in [-0.05, 0) is 12.8 Å². The van der Waals surface area contributed by atoms with E-state index in [0.29, 0.717) is 24.4 Å². The number of hydrogen-bond acceptors (Lipinski definition) is 6. The lowest BCUT2D eigenvalue weighted by molar-refractivity contribution is 0.0990. The molecule has 2 aromatic rings. The fraction of sp³-hybridized carbons (Fsp3) is 0.600. The number of aromatic amines is 1. The second-order valence-corrected chi connectivity index (χ2v) is 9.12. The van der Waals surface area contributed by atoms with Crippen LogP contribution < -0.4 is 21.9 Å². The molecule has 9 heteroatoms. The summed E-state index contributed by atoms with van der Waals surface area (Å²) in [6.45, 7) is 10.8. The minimum atomic E-state index is -0.648. The Balaban J connectivity index is 2.55. The molecule has 1 amide bonds. The molecule has 0 aliphatic heterocycles. The number of nitrogens with two attached hydrogens (primary N) is 1. The number of amides is 1. The van der Waals surface area contributed by atoms with Crippen molar-refractivity contribution in [3.63, 3.8) is 0 Å². The van der Waals surface area contributed by atoms with Crippen LogP contribution >= 0.6 is 11.3 Å². The number of nitrogens with one attached hydrogen (secondary N) is 1. The predicted molar refractivity (Wildman–Crippen MR) is 118 cm³/mol. The van der Waals surface area contributed by atoms with Crippen LogP contribution in [0.25, 0.3) is 0 Å². The summed E-state index contributed by atoms with van der Waals surface area (Å²) in [5, 5.41) is 0.839. The van der Waals surface area contributed by atoms with Gasteiger partial charge in [-0.15, -0.1) is 11.3 Å². The fourth-order valence-corrected chi connectivity index (χ4v) is 3.78. The van der Waals surface area contributed by atoms with Crippen molar-refractivity contribution in [2.75, 3.05) is 17.2 Å². The minimum Gasteiger partial charge on any atom is -0.383 e. The fourth-order valence-electron chi connectivity index (χ4n) is 2.86. The first-order chi connectivity index (χ1) is 13.6. The second-order valence-electron chi connectivity index (χ2n) is 8.09. The number of unbranched alkanes of at least 4 members (excludes halogenated alkanes) is 2. The van der Waals surface area contributed by atoms with Crippen molar-refractivity contribution in [2.45, 2.75) is 72.3 Å². The SMILES string of the molecule is CCCCN(C(=O)c1cnc(C(C)(C)C)s1)c1c(N)n(CCCC)c(=O)[nH]c1=O. The van der Waals surface area contributed by atoms with Crippen LogP contribution in [-0.4, -0.2) is 27.0 Å². The molecule has 0 saturated carbocycles. The number of rotatable bonds is 8. The van der Waals surface area contributed by atoms with E-state index in [-0.39, 0.29) is 22.8 Å². The standard InChI is InChI=1S/C20H31N5O3S/c1-6-8-10-24(17(27)13-12-22-18(29-13)20(3,4)5)14-15(21)25(11-9-7-2)19(28)23-16(14)26/h12H,6-11,21H2,1-5H3,(H,23,26,28). The predicted octanol–water partition coefficient (Wildman–Crippen LogP) is 3.12. The third kappa shape index (κ3) is 5.14. The quantitative estimate of drug-likeness (QED) is 0.680. The number of aromatic nitrogens is 3. The highest BCUT2D eigenvalue weighted by molar-refractivity contribution is 7.13. The smallest absolute Gasteiger partial charge is 0.330 e. The van der Waals surface area contributed by atoms with Gasteiger partial charge in [-0.2, -0.15) is 0 Å². The average molecular weight is 422 g/mol. The van der Waals surface area contributed by atoms with Gasteiger partial charge in [-0.25, -0.2) is 9.78 Å². The van der Waals surface area contributed by atoms with E-state index in [1.54, 1.807) is 6.20 Å². The van der Waals surface area contributed by atoms with E-state index in [2.05, 4.69) is 9.97 Å². The van der Waals surface area contributed by atoms with Crippen molar-refractivity contribution in [3.8, 4) is 0 Å². The molecule has 0 aromatic carbocycles. The Morgan fingerprint density at radius 1 is 1.24 bits per heavy atom. The summed E-state index contributed by atoms with van der Waals surface area (Å²) in [6.07, 6.45) is 4.69. The molecule has 29 heavy (non-hydrogen) atoms. The minimum absolute atomic E-state index is 0.0252. The van der Waals surface area contributed by atoms with E-state index >= 15 is 0 Å². The third-order valence-corrected chi connectivity index (χ3v) is 5.97. The Morgan fingerprint density at radius 3 is 2.45 bits per heavy atom. The van der Waals surface area contributed by atoms with E-state index in [1.807, 2.05) is 34.6 Å². The second kappa shape index (κ2) is 9.39. The lowest BCUT2D eigenvalue weighted by atomic mass is 9.98. The molecule has 2 aromatic heterocycles. The normalized spacial score (nSPS) is 11.6. The van der Waals surface area contributed by atoms with Crippen LogP contribution in [0.4, 0.5) is 11.5 Å². The monoisotopic (exact) mass is 421 g/mol. The van der Waals surface area contributed by atoms with E-state index < -0.39 is 11.2 Å². The summed E-state index contributed by atoms with van der Waals surface area (Å²) in [5.74, 6) is -0.304. The highest BCUT2D eigenvalue weighted by Crippen LogP contribution is 2.29. The topological polar surface area (TPSA) is 114 Å². The molecule has 0 spiro atoms. The molecular weight excluding hydrogens is 390 g/mol. The molecule has 0 saturated heterocycles. The molecule has 8 nitrogen and oxygen atoms in total. The van der Waals surface area contributed by atoms with Gasteiger partial charge in [0.25, 0.3) is 11.5 Å². The zero-order valence-electron chi connectivity index (χ0n) is 17.9. The summed E-state index contributed by atoms with van der Waals surface area (Å²) in [5.41, 5.74) is 4.88. The Labute approximate surface area is 174 Å². The average Bonchev–Trinajstić information content (AvgIpc) is 3.14. The molecule has 0 bridgehead atoms. The van der Waals surface area contributed by atoms with E-state index in [4.69, 9.17) is 5.73 Å². The number of nitrogens with zero attached hydrogens (tertiary/aromatic N) is 3. The summed E-state index contributed by atoms with van der Waals surface area (Å²) in [7, 11) is 0.